The Morgan fingerprint density at radius 1 is 1.45 bits per heavy atom. The maximum Gasteiger partial charge on any atom is 0.352 e. The lowest BCUT2D eigenvalue weighted by Gasteiger charge is -2.47. The number of fused-ring (bicyclic) bond motifs is 3. The number of hydrogen-bond donors (Lipinski definition) is 2. The van der Waals surface area contributed by atoms with Gasteiger partial charge in [0.2, 0.25) is 5.91 Å². The number of aliphatic hydroxyl groups is 1. The molecule has 1 saturated heterocycles. The van der Waals surface area contributed by atoms with E-state index < -0.39 is 18.0 Å². The summed E-state index contributed by atoms with van der Waals surface area (Å²) < 4.78 is 5.42. The highest BCUT2D eigenvalue weighted by Crippen LogP contribution is 2.52. The Bertz CT molecular complexity index is 498. The van der Waals surface area contributed by atoms with E-state index in [-0.39, 0.29) is 29.7 Å². The van der Waals surface area contributed by atoms with Crippen LogP contribution in [0.25, 0.3) is 0 Å². The third-order valence-corrected chi connectivity index (χ3v) is 4.85. The average molecular weight is 281 g/mol. The van der Waals surface area contributed by atoms with E-state index >= 15 is 0 Å². The van der Waals surface area contributed by atoms with Gasteiger partial charge in [0.25, 0.3) is 0 Å². The van der Waals surface area contributed by atoms with E-state index in [4.69, 9.17) is 4.74 Å². The van der Waals surface area contributed by atoms with Gasteiger partial charge in [0.15, 0.2) is 0 Å². The van der Waals surface area contributed by atoms with Gasteiger partial charge in [-0.3, -0.25) is 4.79 Å². The Morgan fingerprint density at radius 3 is 2.70 bits per heavy atom. The lowest BCUT2D eigenvalue weighted by atomic mass is 9.72. The van der Waals surface area contributed by atoms with Gasteiger partial charge in [-0.25, -0.2) is 4.79 Å². The van der Waals surface area contributed by atoms with Crippen LogP contribution in [0.5, 0.6) is 0 Å². The predicted octanol–water partition coefficient (Wildman–Crippen LogP) is 0.362. The first kappa shape index (κ1) is 13.6. The van der Waals surface area contributed by atoms with Crippen molar-refractivity contribution in [2.45, 2.75) is 44.4 Å². The van der Waals surface area contributed by atoms with E-state index in [1.807, 2.05) is 0 Å². The normalized spacial score (nSPS) is 37.4. The smallest absolute Gasteiger partial charge is 0.352 e. The number of nitrogens with zero attached hydrogens (tertiary/aromatic N) is 1. The first-order valence-corrected chi connectivity index (χ1v) is 7.00. The van der Waals surface area contributed by atoms with Crippen molar-refractivity contribution in [2.75, 3.05) is 7.11 Å². The zero-order chi connectivity index (χ0) is 14.6. The van der Waals surface area contributed by atoms with Crippen molar-refractivity contribution in [2.24, 2.45) is 11.8 Å². The van der Waals surface area contributed by atoms with Crippen LogP contribution in [0.1, 0.15) is 26.2 Å². The van der Waals surface area contributed by atoms with Gasteiger partial charge >= 0.3 is 5.97 Å². The number of ether oxygens (including phenoxy) is 1. The molecule has 0 spiro atoms. The molecule has 6 heteroatoms. The molecule has 0 aromatic carbocycles. The van der Waals surface area contributed by atoms with E-state index in [1.54, 1.807) is 14.0 Å². The topological polar surface area (TPSA) is 87.1 Å². The number of β-lactam (4-membered cyclic amide) rings is 1. The molecular weight excluding hydrogens is 262 g/mol. The van der Waals surface area contributed by atoms with Gasteiger partial charge < -0.3 is 19.8 Å². The number of carboxylic acids is 1. The molecule has 2 aliphatic heterocycles. The summed E-state index contributed by atoms with van der Waals surface area (Å²) in [4.78, 5) is 25.1. The molecule has 3 aliphatic rings. The quantitative estimate of drug-likeness (QED) is 0.729. The minimum atomic E-state index is -1.08. The fourth-order valence-corrected chi connectivity index (χ4v) is 4.08. The molecule has 0 aromatic heterocycles. The number of hydrogen-bond acceptors (Lipinski definition) is 4. The van der Waals surface area contributed by atoms with Crippen LogP contribution < -0.4 is 0 Å². The molecule has 2 N–H and O–H groups in total. The lowest BCUT2D eigenvalue weighted by molar-refractivity contribution is -0.163. The minimum Gasteiger partial charge on any atom is -0.477 e. The summed E-state index contributed by atoms with van der Waals surface area (Å²) in [5, 5.41) is 19.2. The fourth-order valence-electron chi connectivity index (χ4n) is 4.08. The predicted molar refractivity (Wildman–Crippen MR) is 68.6 cm³/mol. The second-order valence-corrected chi connectivity index (χ2v) is 5.84. The van der Waals surface area contributed by atoms with Crippen molar-refractivity contribution >= 4 is 11.9 Å². The van der Waals surface area contributed by atoms with Gasteiger partial charge in [0, 0.05) is 13.0 Å². The number of carbonyl (C=O) groups is 2. The van der Waals surface area contributed by atoms with Gasteiger partial charge in [-0.05, 0) is 31.8 Å². The van der Waals surface area contributed by atoms with Crippen molar-refractivity contribution in [1.82, 2.24) is 4.90 Å². The Balaban J connectivity index is 2.04. The molecule has 0 bridgehead atoms. The van der Waals surface area contributed by atoms with E-state index in [1.165, 1.54) is 4.90 Å². The summed E-state index contributed by atoms with van der Waals surface area (Å²) in [6.07, 6.45) is 1.61. The number of aliphatic hydroxyl groups excluding tert-OH is 1. The summed E-state index contributed by atoms with van der Waals surface area (Å²) in [6, 6.07) is -0.207. The third kappa shape index (κ3) is 1.58. The van der Waals surface area contributed by atoms with Gasteiger partial charge in [0.05, 0.1) is 24.2 Å². The summed E-state index contributed by atoms with van der Waals surface area (Å²) in [7, 11) is 1.57. The van der Waals surface area contributed by atoms with E-state index in [2.05, 4.69) is 0 Å². The zero-order valence-corrected chi connectivity index (χ0v) is 11.6. The maximum absolute atomic E-state index is 12.2. The molecular formula is C14H19NO5. The van der Waals surface area contributed by atoms with Crippen LogP contribution >= 0.6 is 0 Å². The fraction of sp³-hybridized carbons (Fsp3) is 0.714. The summed E-state index contributed by atoms with van der Waals surface area (Å²) in [5.41, 5.74) is 0.834. The third-order valence-electron chi connectivity index (χ3n) is 4.85. The first-order valence-electron chi connectivity index (χ1n) is 7.00. The molecule has 6 nitrogen and oxygen atoms in total. The summed E-state index contributed by atoms with van der Waals surface area (Å²) in [5.74, 6) is -1.83. The van der Waals surface area contributed by atoms with Gasteiger partial charge in [-0.15, -0.1) is 0 Å². The molecule has 0 aromatic rings. The van der Waals surface area contributed by atoms with E-state index in [9.17, 15) is 19.8 Å². The molecule has 1 aliphatic carbocycles. The molecule has 2 heterocycles. The van der Waals surface area contributed by atoms with Crippen molar-refractivity contribution in [3.05, 3.63) is 11.3 Å². The van der Waals surface area contributed by atoms with E-state index in [0.29, 0.717) is 0 Å². The zero-order valence-electron chi connectivity index (χ0n) is 11.6. The van der Waals surface area contributed by atoms with Crippen LogP contribution in [-0.4, -0.2) is 52.3 Å². The summed E-state index contributed by atoms with van der Waals surface area (Å²) in [6.45, 7) is 1.59. The second-order valence-electron chi connectivity index (χ2n) is 5.84. The van der Waals surface area contributed by atoms with Crippen LogP contribution in [0.3, 0.4) is 0 Å². The largest absolute Gasteiger partial charge is 0.477 e. The number of aliphatic carboxylic acids is 1. The number of carboxylic acid groups (broad SMARTS) is 1. The summed E-state index contributed by atoms with van der Waals surface area (Å²) >= 11 is 0. The minimum absolute atomic E-state index is 0.0112. The Labute approximate surface area is 117 Å². The van der Waals surface area contributed by atoms with Gasteiger partial charge in [0.1, 0.15) is 5.70 Å². The second kappa shape index (κ2) is 4.56. The van der Waals surface area contributed by atoms with Crippen LogP contribution in [-0.2, 0) is 14.3 Å². The lowest BCUT2D eigenvalue weighted by Crippen LogP contribution is -2.64. The highest BCUT2D eigenvalue weighted by molar-refractivity contribution is 6.00. The molecule has 0 unspecified atom stereocenters. The molecule has 20 heavy (non-hydrogen) atoms. The highest BCUT2D eigenvalue weighted by Gasteiger charge is 2.62. The number of methoxy groups -OCH3 is 1. The molecule has 3 rings (SSSR count). The van der Waals surface area contributed by atoms with Crippen LogP contribution in [0.15, 0.2) is 11.3 Å². The van der Waals surface area contributed by atoms with Crippen molar-refractivity contribution in [3.8, 4) is 0 Å². The van der Waals surface area contributed by atoms with Gasteiger partial charge in [-0.1, -0.05) is 0 Å². The maximum atomic E-state index is 12.2. The van der Waals surface area contributed by atoms with Crippen LogP contribution in [0.4, 0.5) is 0 Å². The van der Waals surface area contributed by atoms with Crippen molar-refractivity contribution in [3.63, 3.8) is 0 Å². The standard InChI is InChI=1S/C14H19NO5/c1-6(16)9-11-7-4-3-5-8(20-2)10(7)12(14(18)19)15(11)13(9)17/h6-9,11,16H,3-5H2,1-2H3,(H,18,19)/t6-,7+,8+,9-,11-/m1/s1. The van der Waals surface area contributed by atoms with Crippen LogP contribution in [0.2, 0.25) is 0 Å². The highest BCUT2D eigenvalue weighted by atomic mass is 16.5. The number of carbonyl (C=O) groups excluding carboxylic acids is 1. The SMILES string of the molecule is CO[C@H]1CCC[C@H]2C1=C(C(=O)O)N1C(=O)[C@H]([C@@H](C)O)[C@@H]21. The Hall–Kier alpha value is -1.40. The number of rotatable bonds is 3. The van der Waals surface area contributed by atoms with Crippen LogP contribution in [0, 0.1) is 11.8 Å². The average Bonchev–Trinajstić information content (AvgIpc) is 2.69. The number of amides is 1. The van der Waals surface area contributed by atoms with E-state index in [0.717, 1.165) is 24.8 Å². The molecule has 5 atom stereocenters. The van der Waals surface area contributed by atoms with Gasteiger partial charge in [-0.2, -0.15) is 0 Å². The molecule has 2 fully saturated rings. The van der Waals surface area contributed by atoms with Crippen molar-refractivity contribution in [1.29, 1.82) is 0 Å². The van der Waals surface area contributed by atoms with Crippen molar-refractivity contribution < 1.29 is 24.5 Å². The first-order chi connectivity index (χ1) is 9.49. The molecule has 1 saturated carbocycles. The molecule has 1 amide bonds. The Kier molecular flexibility index (Phi) is 3.10. The monoisotopic (exact) mass is 281 g/mol. The Morgan fingerprint density at radius 2 is 2.15 bits per heavy atom. The molecule has 110 valence electrons. The molecule has 0 radical (unpaired) electrons.